The number of carbonyl (C=O) groups excluding carboxylic acids is 1. The fourth-order valence-electron chi connectivity index (χ4n) is 2.79. The molecule has 32 heavy (non-hydrogen) atoms. The molecule has 0 fully saturated rings. The number of nitro benzene ring substituents is 1. The highest BCUT2D eigenvalue weighted by Gasteiger charge is 2.15. The molecule has 0 aliphatic rings. The molecule has 0 unspecified atom stereocenters. The van der Waals surface area contributed by atoms with Gasteiger partial charge in [-0.05, 0) is 49.0 Å². The number of carbonyl (C=O) groups is 1. The minimum Gasteiger partial charge on any atom is -0.490 e. The summed E-state index contributed by atoms with van der Waals surface area (Å²) < 4.78 is 11.3. The number of hydrogen-bond donors (Lipinski definition) is 2. The van der Waals surface area contributed by atoms with E-state index in [9.17, 15) is 14.9 Å². The number of aryl methyl sites for hydroxylation is 1. The molecular weight excluding hydrogens is 430 g/mol. The largest absolute Gasteiger partial charge is 0.490 e. The van der Waals surface area contributed by atoms with Gasteiger partial charge in [-0.3, -0.25) is 20.2 Å². The quantitative estimate of drug-likeness (QED) is 0.225. The van der Waals surface area contributed by atoms with E-state index >= 15 is 0 Å². The molecular formula is C23H21N3O5S. The second kappa shape index (κ2) is 10.9. The SMILES string of the molecule is Cc1ccc([N+](=O)[O-])cc1NC(=S)NC(=O)c1ccccc1OCCOc1ccccc1. The average Bonchev–Trinajstić information content (AvgIpc) is 2.79. The van der Waals surface area contributed by atoms with Crippen molar-refractivity contribution in [3.63, 3.8) is 0 Å². The van der Waals surface area contributed by atoms with Crippen molar-refractivity contribution in [2.75, 3.05) is 18.5 Å². The fraction of sp³-hybridized carbons (Fsp3) is 0.130. The molecule has 0 spiro atoms. The first-order chi connectivity index (χ1) is 15.4. The van der Waals surface area contributed by atoms with Crippen LogP contribution >= 0.6 is 12.2 Å². The molecule has 0 heterocycles. The van der Waals surface area contributed by atoms with Crippen LogP contribution in [-0.2, 0) is 0 Å². The predicted octanol–water partition coefficient (Wildman–Crippen LogP) is 4.49. The van der Waals surface area contributed by atoms with Crippen LogP contribution in [0.4, 0.5) is 11.4 Å². The van der Waals surface area contributed by atoms with Crippen LogP contribution in [0.1, 0.15) is 15.9 Å². The number of benzene rings is 3. The molecule has 0 aliphatic heterocycles. The van der Waals surface area contributed by atoms with Gasteiger partial charge in [0.05, 0.1) is 10.5 Å². The van der Waals surface area contributed by atoms with E-state index in [1.54, 1.807) is 37.3 Å². The smallest absolute Gasteiger partial charge is 0.271 e. The molecule has 0 bridgehead atoms. The molecule has 164 valence electrons. The first-order valence-electron chi connectivity index (χ1n) is 9.71. The van der Waals surface area contributed by atoms with Crippen LogP contribution in [-0.4, -0.2) is 29.2 Å². The number of nitrogens with one attached hydrogen (secondary N) is 2. The Balaban J connectivity index is 1.58. The van der Waals surface area contributed by atoms with Crippen molar-refractivity contribution in [2.45, 2.75) is 6.92 Å². The van der Waals surface area contributed by atoms with Gasteiger partial charge in [0, 0.05) is 17.8 Å². The molecule has 1 amide bonds. The third kappa shape index (κ3) is 6.26. The van der Waals surface area contributed by atoms with E-state index in [1.807, 2.05) is 30.3 Å². The van der Waals surface area contributed by atoms with Gasteiger partial charge in [0.2, 0.25) is 0 Å². The Bertz CT molecular complexity index is 1120. The first-order valence-corrected chi connectivity index (χ1v) is 10.1. The normalized spacial score (nSPS) is 10.2. The lowest BCUT2D eigenvalue weighted by atomic mass is 10.2. The summed E-state index contributed by atoms with van der Waals surface area (Å²) in [6.45, 7) is 2.33. The molecule has 0 atom stereocenters. The van der Waals surface area contributed by atoms with Gasteiger partial charge in [0.25, 0.3) is 11.6 Å². The van der Waals surface area contributed by atoms with Gasteiger partial charge in [-0.2, -0.15) is 0 Å². The minimum atomic E-state index is -0.499. The molecule has 9 heteroatoms. The Hall–Kier alpha value is -3.98. The number of thiocarbonyl (C=S) groups is 1. The van der Waals surface area contributed by atoms with Gasteiger partial charge in [-0.25, -0.2) is 0 Å². The summed E-state index contributed by atoms with van der Waals surface area (Å²) in [6, 6.07) is 20.5. The Kier molecular flexibility index (Phi) is 7.71. The van der Waals surface area contributed by atoms with Crippen LogP contribution in [0.15, 0.2) is 72.8 Å². The van der Waals surface area contributed by atoms with E-state index in [0.29, 0.717) is 23.6 Å². The molecule has 0 aliphatic carbocycles. The lowest BCUT2D eigenvalue weighted by molar-refractivity contribution is -0.384. The van der Waals surface area contributed by atoms with E-state index in [1.165, 1.54) is 12.1 Å². The molecule has 2 N–H and O–H groups in total. The Morgan fingerprint density at radius 3 is 2.44 bits per heavy atom. The van der Waals surface area contributed by atoms with Crippen LogP contribution in [0.5, 0.6) is 11.5 Å². The number of nitrogens with zero attached hydrogens (tertiary/aromatic N) is 1. The minimum absolute atomic E-state index is 0.0146. The summed E-state index contributed by atoms with van der Waals surface area (Å²) in [5, 5.41) is 16.4. The average molecular weight is 452 g/mol. The summed E-state index contributed by atoms with van der Waals surface area (Å²) in [7, 11) is 0. The molecule has 0 aromatic heterocycles. The maximum absolute atomic E-state index is 12.7. The van der Waals surface area contributed by atoms with E-state index in [2.05, 4.69) is 10.6 Å². The zero-order chi connectivity index (χ0) is 22.9. The van der Waals surface area contributed by atoms with E-state index in [-0.39, 0.29) is 17.4 Å². The highest BCUT2D eigenvalue weighted by atomic mass is 32.1. The van der Waals surface area contributed by atoms with Crippen molar-refractivity contribution in [1.29, 1.82) is 0 Å². The van der Waals surface area contributed by atoms with Crippen molar-refractivity contribution in [2.24, 2.45) is 0 Å². The van der Waals surface area contributed by atoms with Crippen molar-refractivity contribution in [3.8, 4) is 11.5 Å². The monoisotopic (exact) mass is 451 g/mol. The lowest BCUT2D eigenvalue weighted by Crippen LogP contribution is -2.34. The number of hydrogen-bond acceptors (Lipinski definition) is 6. The predicted molar refractivity (Wildman–Crippen MR) is 125 cm³/mol. The van der Waals surface area contributed by atoms with Gasteiger partial charge in [0.15, 0.2) is 5.11 Å². The fourth-order valence-corrected chi connectivity index (χ4v) is 2.99. The second-order valence-corrected chi connectivity index (χ2v) is 7.08. The number of para-hydroxylation sites is 2. The van der Waals surface area contributed by atoms with Gasteiger partial charge >= 0.3 is 0 Å². The van der Waals surface area contributed by atoms with Gasteiger partial charge in [0.1, 0.15) is 24.7 Å². The van der Waals surface area contributed by atoms with Crippen LogP contribution in [0.3, 0.4) is 0 Å². The maximum Gasteiger partial charge on any atom is 0.271 e. The van der Waals surface area contributed by atoms with Crippen LogP contribution in [0.2, 0.25) is 0 Å². The van der Waals surface area contributed by atoms with Crippen LogP contribution in [0, 0.1) is 17.0 Å². The summed E-state index contributed by atoms with van der Waals surface area (Å²) >= 11 is 5.21. The standard InChI is InChI=1S/C23H21N3O5S/c1-16-11-12-17(26(28)29)15-20(16)24-23(32)25-22(27)19-9-5-6-10-21(19)31-14-13-30-18-7-3-2-4-8-18/h2-12,15H,13-14H2,1H3,(H2,24,25,27,32). The molecule has 3 aromatic rings. The summed E-state index contributed by atoms with van der Waals surface area (Å²) in [5.74, 6) is 0.649. The summed E-state index contributed by atoms with van der Waals surface area (Å²) in [5.41, 5.74) is 1.40. The highest BCUT2D eigenvalue weighted by molar-refractivity contribution is 7.80. The zero-order valence-corrected chi connectivity index (χ0v) is 18.1. The summed E-state index contributed by atoms with van der Waals surface area (Å²) in [4.78, 5) is 23.2. The van der Waals surface area contributed by atoms with Crippen molar-refractivity contribution in [3.05, 3.63) is 94.0 Å². The topological polar surface area (TPSA) is 103 Å². The second-order valence-electron chi connectivity index (χ2n) is 6.67. The highest BCUT2D eigenvalue weighted by Crippen LogP contribution is 2.22. The third-order valence-electron chi connectivity index (χ3n) is 4.39. The Morgan fingerprint density at radius 1 is 1.00 bits per heavy atom. The van der Waals surface area contributed by atoms with Crippen molar-refractivity contribution in [1.82, 2.24) is 5.32 Å². The Morgan fingerprint density at radius 2 is 1.69 bits per heavy atom. The van der Waals surface area contributed by atoms with Crippen molar-refractivity contribution >= 4 is 34.6 Å². The summed E-state index contributed by atoms with van der Waals surface area (Å²) in [6.07, 6.45) is 0. The zero-order valence-electron chi connectivity index (χ0n) is 17.2. The van der Waals surface area contributed by atoms with E-state index in [4.69, 9.17) is 21.7 Å². The number of rotatable bonds is 8. The maximum atomic E-state index is 12.7. The number of amides is 1. The van der Waals surface area contributed by atoms with Gasteiger partial charge in [-0.1, -0.05) is 36.4 Å². The third-order valence-corrected chi connectivity index (χ3v) is 4.60. The lowest BCUT2D eigenvalue weighted by Gasteiger charge is -2.14. The first kappa shape index (κ1) is 22.7. The Labute approximate surface area is 190 Å². The number of non-ortho nitro benzene ring substituents is 1. The molecule has 0 saturated carbocycles. The van der Waals surface area contributed by atoms with E-state index in [0.717, 1.165) is 11.3 Å². The molecule has 0 saturated heterocycles. The molecule has 0 radical (unpaired) electrons. The van der Waals surface area contributed by atoms with Gasteiger partial charge < -0.3 is 14.8 Å². The number of nitro groups is 1. The van der Waals surface area contributed by atoms with Crippen molar-refractivity contribution < 1.29 is 19.2 Å². The molecule has 3 rings (SSSR count). The number of anilines is 1. The van der Waals surface area contributed by atoms with Crippen LogP contribution in [0.25, 0.3) is 0 Å². The molecule has 3 aromatic carbocycles. The number of ether oxygens (including phenoxy) is 2. The van der Waals surface area contributed by atoms with E-state index < -0.39 is 10.8 Å². The molecule has 8 nitrogen and oxygen atoms in total. The van der Waals surface area contributed by atoms with Crippen LogP contribution < -0.4 is 20.1 Å². The van der Waals surface area contributed by atoms with Gasteiger partial charge in [-0.15, -0.1) is 0 Å².